The Morgan fingerprint density at radius 2 is 1.93 bits per heavy atom. The second kappa shape index (κ2) is 7.33. The SMILES string of the molecule is CCCCCCCCC1CSCC1=O. The minimum atomic E-state index is 0.408. The predicted octanol–water partition coefficient (Wildman–Crippen LogP) is 3.67. The number of ketones is 1. The van der Waals surface area contributed by atoms with E-state index in [2.05, 4.69) is 6.92 Å². The molecule has 0 aromatic rings. The van der Waals surface area contributed by atoms with Crippen molar-refractivity contribution < 1.29 is 4.79 Å². The molecule has 1 aliphatic rings. The van der Waals surface area contributed by atoms with Gasteiger partial charge in [-0.3, -0.25) is 4.79 Å². The van der Waals surface area contributed by atoms with Crippen molar-refractivity contribution in [2.24, 2.45) is 5.92 Å². The highest BCUT2D eigenvalue weighted by Crippen LogP contribution is 2.25. The third-order valence-corrected chi connectivity index (χ3v) is 4.05. The molecule has 82 valence electrons. The van der Waals surface area contributed by atoms with Crippen LogP contribution in [0.25, 0.3) is 0 Å². The van der Waals surface area contributed by atoms with E-state index in [4.69, 9.17) is 0 Å². The van der Waals surface area contributed by atoms with Crippen molar-refractivity contribution >= 4 is 17.5 Å². The number of carbonyl (C=O) groups is 1. The first-order valence-electron chi connectivity index (χ1n) is 5.95. The Labute approximate surface area is 92.0 Å². The lowest BCUT2D eigenvalue weighted by Crippen LogP contribution is -2.10. The highest BCUT2D eigenvalue weighted by Gasteiger charge is 2.23. The first-order valence-corrected chi connectivity index (χ1v) is 7.10. The van der Waals surface area contributed by atoms with Gasteiger partial charge >= 0.3 is 0 Å². The van der Waals surface area contributed by atoms with E-state index in [0.29, 0.717) is 11.7 Å². The Morgan fingerprint density at radius 3 is 2.57 bits per heavy atom. The average molecular weight is 214 g/mol. The Kier molecular flexibility index (Phi) is 6.33. The lowest BCUT2D eigenvalue weighted by atomic mass is 9.99. The molecule has 0 amide bonds. The Hall–Kier alpha value is 0.0200. The Bertz CT molecular complexity index is 168. The standard InChI is InChI=1S/C12H22OS/c1-2-3-4-5-6-7-8-11-9-14-10-12(11)13/h11H,2-10H2,1H3. The zero-order valence-electron chi connectivity index (χ0n) is 9.26. The first kappa shape index (κ1) is 12.1. The number of carbonyl (C=O) groups excluding carboxylic acids is 1. The molecule has 1 saturated heterocycles. The maximum atomic E-state index is 11.3. The van der Waals surface area contributed by atoms with Crippen LogP contribution in [0.5, 0.6) is 0 Å². The van der Waals surface area contributed by atoms with Crippen LogP contribution in [0.15, 0.2) is 0 Å². The van der Waals surface area contributed by atoms with Crippen LogP contribution in [-0.2, 0) is 4.79 Å². The largest absolute Gasteiger partial charge is 0.298 e. The van der Waals surface area contributed by atoms with Crippen molar-refractivity contribution in [3.8, 4) is 0 Å². The second-order valence-electron chi connectivity index (χ2n) is 4.23. The number of hydrogen-bond donors (Lipinski definition) is 0. The van der Waals surface area contributed by atoms with Crippen molar-refractivity contribution in [1.82, 2.24) is 0 Å². The lowest BCUT2D eigenvalue weighted by molar-refractivity contribution is -0.119. The van der Waals surface area contributed by atoms with Gasteiger partial charge in [0.1, 0.15) is 5.78 Å². The molecule has 0 spiro atoms. The van der Waals surface area contributed by atoms with Gasteiger partial charge in [-0.05, 0) is 6.42 Å². The van der Waals surface area contributed by atoms with Gasteiger partial charge in [0.05, 0.1) is 5.75 Å². The topological polar surface area (TPSA) is 17.1 Å². The summed E-state index contributed by atoms with van der Waals surface area (Å²) in [5.41, 5.74) is 0. The molecular weight excluding hydrogens is 192 g/mol. The van der Waals surface area contributed by atoms with Gasteiger partial charge in [-0.25, -0.2) is 0 Å². The van der Waals surface area contributed by atoms with Gasteiger partial charge in [0, 0.05) is 11.7 Å². The summed E-state index contributed by atoms with van der Waals surface area (Å²) in [4.78, 5) is 11.3. The van der Waals surface area contributed by atoms with E-state index >= 15 is 0 Å². The van der Waals surface area contributed by atoms with Gasteiger partial charge in [0.15, 0.2) is 0 Å². The van der Waals surface area contributed by atoms with Crippen molar-refractivity contribution in [2.75, 3.05) is 11.5 Å². The molecule has 0 radical (unpaired) electrons. The highest BCUT2D eigenvalue weighted by atomic mass is 32.2. The maximum absolute atomic E-state index is 11.3. The number of thioether (sulfide) groups is 1. The zero-order chi connectivity index (χ0) is 10.2. The smallest absolute Gasteiger partial charge is 0.146 e. The summed E-state index contributed by atoms with van der Waals surface area (Å²) in [6.45, 7) is 2.24. The number of Topliss-reactive ketones (excluding diaryl/α,β-unsaturated/α-hetero) is 1. The lowest BCUT2D eigenvalue weighted by Gasteiger charge is -2.05. The molecule has 1 unspecified atom stereocenters. The third kappa shape index (κ3) is 4.50. The average Bonchev–Trinajstić information content (AvgIpc) is 2.58. The van der Waals surface area contributed by atoms with Crippen molar-refractivity contribution in [2.45, 2.75) is 51.9 Å². The van der Waals surface area contributed by atoms with Gasteiger partial charge in [0.25, 0.3) is 0 Å². The van der Waals surface area contributed by atoms with Crippen LogP contribution in [0.1, 0.15) is 51.9 Å². The van der Waals surface area contributed by atoms with Crippen molar-refractivity contribution in [3.63, 3.8) is 0 Å². The first-order chi connectivity index (χ1) is 6.84. The molecule has 14 heavy (non-hydrogen) atoms. The van der Waals surface area contributed by atoms with E-state index in [9.17, 15) is 4.79 Å². The van der Waals surface area contributed by atoms with E-state index in [0.717, 1.165) is 17.9 Å². The predicted molar refractivity (Wildman–Crippen MR) is 63.8 cm³/mol. The second-order valence-corrected chi connectivity index (χ2v) is 5.27. The molecule has 0 bridgehead atoms. The number of rotatable bonds is 7. The molecular formula is C12H22OS. The van der Waals surface area contributed by atoms with Gasteiger partial charge < -0.3 is 0 Å². The molecule has 0 aromatic heterocycles. The van der Waals surface area contributed by atoms with Crippen LogP contribution in [-0.4, -0.2) is 17.3 Å². The van der Waals surface area contributed by atoms with E-state index in [1.165, 1.54) is 38.5 Å². The van der Waals surface area contributed by atoms with Crippen molar-refractivity contribution in [1.29, 1.82) is 0 Å². The summed E-state index contributed by atoms with van der Waals surface area (Å²) in [5, 5.41) is 0. The molecule has 0 saturated carbocycles. The monoisotopic (exact) mass is 214 g/mol. The summed E-state index contributed by atoms with van der Waals surface area (Å²) >= 11 is 1.81. The van der Waals surface area contributed by atoms with Crippen LogP contribution in [0, 0.1) is 5.92 Å². The fraction of sp³-hybridized carbons (Fsp3) is 0.917. The quantitative estimate of drug-likeness (QED) is 0.601. The summed E-state index contributed by atoms with van der Waals surface area (Å²) in [6.07, 6.45) is 9.18. The van der Waals surface area contributed by atoms with E-state index < -0.39 is 0 Å². The fourth-order valence-electron chi connectivity index (χ4n) is 1.93. The van der Waals surface area contributed by atoms with E-state index in [1.807, 2.05) is 11.8 Å². The van der Waals surface area contributed by atoms with E-state index in [1.54, 1.807) is 0 Å². The summed E-state index contributed by atoms with van der Waals surface area (Å²) in [6, 6.07) is 0. The highest BCUT2D eigenvalue weighted by molar-refractivity contribution is 8.00. The molecule has 1 heterocycles. The van der Waals surface area contributed by atoms with Gasteiger partial charge in [-0.15, -0.1) is 0 Å². The van der Waals surface area contributed by atoms with Crippen LogP contribution >= 0.6 is 11.8 Å². The summed E-state index contributed by atoms with van der Waals surface area (Å²) < 4.78 is 0. The zero-order valence-corrected chi connectivity index (χ0v) is 10.1. The Morgan fingerprint density at radius 1 is 1.21 bits per heavy atom. The van der Waals surface area contributed by atoms with Gasteiger partial charge in [-0.2, -0.15) is 11.8 Å². The van der Waals surface area contributed by atoms with Crippen LogP contribution in [0.2, 0.25) is 0 Å². The summed E-state index contributed by atoms with van der Waals surface area (Å²) in [5.74, 6) is 2.78. The van der Waals surface area contributed by atoms with Crippen LogP contribution in [0.4, 0.5) is 0 Å². The molecule has 1 aliphatic heterocycles. The normalized spacial score (nSPS) is 21.8. The minimum Gasteiger partial charge on any atom is -0.298 e. The number of unbranched alkanes of at least 4 members (excludes halogenated alkanes) is 5. The van der Waals surface area contributed by atoms with Crippen LogP contribution in [0.3, 0.4) is 0 Å². The molecule has 1 nitrogen and oxygen atoms in total. The maximum Gasteiger partial charge on any atom is 0.146 e. The molecule has 2 heteroatoms. The van der Waals surface area contributed by atoms with Gasteiger partial charge in [-0.1, -0.05) is 45.4 Å². The fourth-order valence-corrected chi connectivity index (χ4v) is 3.12. The third-order valence-electron chi connectivity index (χ3n) is 2.92. The molecule has 0 N–H and O–H groups in total. The van der Waals surface area contributed by atoms with E-state index in [-0.39, 0.29) is 0 Å². The molecule has 1 atom stereocenters. The minimum absolute atomic E-state index is 0.408. The molecule has 0 aliphatic carbocycles. The van der Waals surface area contributed by atoms with Crippen molar-refractivity contribution in [3.05, 3.63) is 0 Å². The van der Waals surface area contributed by atoms with Gasteiger partial charge in [0.2, 0.25) is 0 Å². The molecule has 1 rings (SSSR count). The molecule has 0 aromatic carbocycles. The summed E-state index contributed by atoms with van der Waals surface area (Å²) in [7, 11) is 0. The van der Waals surface area contributed by atoms with Crippen LogP contribution < -0.4 is 0 Å². The molecule has 1 fully saturated rings. The Balaban J connectivity index is 1.90. The number of hydrogen-bond acceptors (Lipinski definition) is 2.